The molecule has 3 heteroatoms. The number of hydrogen-bond donors (Lipinski definition) is 3. The minimum absolute atomic E-state index is 0.0176. The highest BCUT2D eigenvalue weighted by atomic mass is 16.3. The van der Waals surface area contributed by atoms with Crippen LogP contribution in [0.2, 0.25) is 0 Å². The summed E-state index contributed by atoms with van der Waals surface area (Å²) in [5, 5.41) is 33.8. The Balaban J connectivity index is 1.58. The lowest BCUT2D eigenvalue weighted by Crippen LogP contribution is -2.68. The third-order valence-electron chi connectivity index (χ3n) is 11.3. The van der Waals surface area contributed by atoms with Crippen molar-refractivity contribution in [1.29, 1.82) is 0 Å². The summed E-state index contributed by atoms with van der Waals surface area (Å²) >= 11 is 0. The number of hydrogen-bond acceptors (Lipinski definition) is 3. The molecule has 11 atom stereocenters. The first-order valence-electron chi connectivity index (χ1n) is 13.4. The van der Waals surface area contributed by atoms with Gasteiger partial charge in [-0.25, -0.2) is 0 Å². The number of rotatable bonds is 5. The van der Waals surface area contributed by atoms with Gasteiger partial charge in [-0.1, -0.05) is 52.0 Å². The van der Waals surface area contributed by atoms with Crippen molar-refractivity contribution in [1.82, 2.24) is 0 Å². The van der Waals surface area contributed by atoms with Gasteiger partial charge < -0.3 is 15.3 Å². The molecule has 0 bridgehead atoms. The molecule has 0 heterocycles. The van der Waals surface area contributed by atoms with Crippen LogP contribution in [0.25, 0.3) is 0 Å². The van der Waals surface area contributed by atoms with Gasteiger partial charge in [-0.3, -0.25) is 0 Å². The van der Waals surface area contributed by atoms with Crippen molar-refractivity contribution in [2.24, 2.45) is 46.3 Å². The van der Waals surface area contributed by atoms with Crippen molar-refractivity contribution in [3.63, 3.8) is 0 Å². The van der Waals surface area contributed by atoms with E-state index in [0.29, 0.717) is 36.5 Å². The number of allylic oxidation sites excluding steroid dienone is 3. The summed E-state index contributed by atoms with van der Waals surface area (Å²) in [5.74, 6) is 2.28. The lowest BCUT2D eigenvalue weighted by molar-refractivity contribution is -0.264. The van der Waals surface area contributed by atoms with E-state index in [4.69, 9.17) is 0 Å². The highest BCUT2D eigenvalue weighted by Crippen LogP contribution is 2.69. The Morgan fingerprint density at radius 1 is 1.00 bits per heavy atom. The van der Waals surface area contributed by atoms with Gasteiger partial charge in [0.05, 0.1) is 17.8 Å². The van der Waals surface area contributed by atoms with E-state index in [1.165, 1.54) is 18.4 Å². The molecule has 4 aliphatic carbocycles. The molecular weight excluding hydrogens is 396 g/mol. The van der Waals surface area contributed by atoms with E-state index in [1.807, 2.05) is 0 Å². The molecule has 4 saturated carbocycles. The predicted molar refractivity (Wildman–Crippen MR) is 131 cm³/mol. The minimum atomic E-state index is -0.706. The van der Waals surface area contributed by atoms with Gasteiger partial charge in [-0.05, 0) is 106 Å². The first kappa shape index (κ1) is 24.5. The maximum absolute atomic E-state index is 12.3. The molecule has 3 N–H and O–H groups in total. The Bertz CT molecular complexity index is 745. The lowest BCUT2D eigenvalue weighted by atomic mass is 9.41. The van der Waals surface area contributed by atoms with Crippen LogP contribution in [-0.2, 0) is 0 Å². The topological polar surface area (TPSA) is 60.7 Å². The van der Waals surface area contributed by atoms with E-state index in [1.54, 1.807) is 0 Å². The SMILES string of the molecule is C=C(C)C(C=CC(C)C1CCC2C3CC(O)C4CC(O)CCC4(C)C3(O)CCC12C)CC. The predicted octanol–water partition coefficient (Wildman–Crippen LogP) is 5.89. The van der Waals surface area contributed by atoms with E-state index in [9.17, 15) is 15.3 Å². The molecule has 3 nitrogen and oxygen atoms in total. The first-order chi connectivity index (χ1) is 15.0. The highest BCUT2D eigenvalue weighted by molar-refractivity contribution is 5.19. The second-order valence-electron chi connectivity index (χ2n) is 12.7. The molecule has 4 aliphatic rings. The molecule has 0 aromatic carbocycles. The standard InChI is InChI=1S/C29H48O3/c1-7-20(18(2)3)9-8-19(4)22-10-11-23-24-17-26(31)25-16-21(30)12-13-28(25,6)29(24,32)15-14-27(22,23)5/h8-9,19-26,30-32H,2,7,10-17H2,1,3-6H3. The molecule has 11 unspecified atom stereocenters. The molecular formula is C29H48O3. The van der Waals surface area contributed by atoms with E-state index >= 15 is 0 Å². The Labute approximate surface area is 196 Å². The van der Waals surface area contributed by atoms with Gasteiger partial charge in [0.1, 0.15) is 0 Å². The molecule has 0 aromatic heterocycles. The Morgan fingerprint density at radius 2 is 1.72 bits per heavy atom. The summed E-state index contributed by atoms with van der Waals surface area (Å²) in [6.07, 6.45) is 12.4. The van der Waals surface area contributed by atoms with E-state index in [-0.39, 0.29) is 28.8 Å². The smallest absolute Gasteiger partial charge is 0.0736 e. The lowest BCUT2D eigenvalue weighted by Gasteiger charge is -2.66. The molecule has 0 radical (unpaired) electrons. The van der Waals surface area contributed by atoms with Gasteiger partial charge in [0, 0.05) is 5.41 Å². The van der Waals surface area contributed by atoms with Crippen LogP contribution in [0.4, 0.5) is 0 Å². The quantitative estimate of drug-likeness (QED) is 0.464. The summed E-state index contributed by atoms with van der Waals surface area (Å²) < 4.78 is 0. The first-order valence-corrected chi connectivity index (χ1v) is 13.4. The minimum Gasteiger partial charge on any atom is -0.393 e. The largest absolute Gasteiger partial charge is 0.393 e. The van der Waals surface area contributed by atoms with E-state index in [0.717, 1.165) is 32.1 Å². The zero-order chi connectivity index (χ0) is 23.5. The van der Waals surface area contributed by atoms with Gasteiger partial charge in [0.15, 0.2) is 0 Å². The van der Waals surface area contributed by atoms with Crippen LogP contribution in [0.1, 0.15) is 92.4 Å². The van der Waals surface area contributed by atoms with Crippen LogP contribution >= 0.6 is 0 Å². The Kier molecular flexibility index (Phi) is 6.53. The summed E-state index contributed by atoms with van der Waals surface area (Å²) in [5.41, 5.74) is 0.478. The van der Waals surface area contributed by atoms with Gasteiger partial charge in [-0.2, -0.15) is 0 Å². The van der Waals surface area contributed by atoms with Crippen LogP contribution < -0.4 is 0 Å². The molecule has 4 rings (SSSR count). The van der Waals surface area contributed by atoms with E-state index in [2.05, 4.69) is 53.3 Å². The normalized spacial score (nSPS) is 50.4. The third kappa shape index (κ3) is 3.57. The fourth-order valence-corrected chi connectivity index (χ4v) is 9.19. The van der Waals surface area contributed by atoms with Crippen molar-refractivity contribution in [2.75, 3.05) is 0 Å². The highest BCUT2D eigenvalue weighted by Gasteiger charge is 2.68. The van der Waals surface area contributed by atoms with Crippen molar-refractivity contribution in [3.8, 4) is 0 Å². The van der Waals surface area contributed by atoms with Gasteiger partial charge in [0.2, 0.25) is 0 Å². The summed E-state index contributed by atoms with van der Waals surface area (Å²) in [6.45, 7) is 15.6. The summed E-state index contributed by atoms with van der Waals surface area (Å²) in [4.78, 5) is 0. The maximum atomic E-state index is 12.3. The van der Waals surface area contributed by atoms with E-state index < -0.39 is 11.7 Å². The number of aliphatic hydroxyl groups is 3. The van der Waals surface area contributed by atoms with Crippen LogP contribution in [-0.4, -0.2) is 33.1 Å². The number of aliphatic hydroxyl groups excluding tert-OH is 2. The van der Waals surface area contributed by atoms with Crippen molar-refractivity contribution < 1.29 is 15.3 Å². The van der Waals surface area contributed by atoms with Crippen molar-refractivity contribution in [3.05, 3.63) is 24.3 Å². The van der Waals surface area contributed by atoms with Crippen LogP contribution in [0.15, 0.2) is 24.3 Å². The van der Waals surface area contributed by atoms with Gasteiger partial charge in [-0.15, -0.1) is 0 Å². The second-order valence-corrected chi connectivity index (χ2v) is 12.7. The molecule has 0 spiro atoms. The monoisotopic (exact) mass is 444 g/mol. The fourth-order valence-electron chi connectivity index (χ4n) is 9.19. The molecule has 4 fully saturated rings. The molecule has 182 valence electrons. The average molecular weight is 445 g/mol. The fraction of sp³-hybridized carbons (Fsp3) is 0.862. The van der Waals surface area contributed by atoms with Crippen LogP contribution in [0.3, 0.4) is 0 Å². The second kappa shape index (κ2) is 8.54. The van der Waals surface area contributed by atoms with Crippen molar-refractivity contribution in [2.45, 2.75) is 110 Å². The Morgan fingerprint density at radius 3 is 2.38 bits per heavy atom. The summed E-state index contributed by atoms with van der Waals surface area (Å²) in [6, 6.07) is 0. The molecule has 0 aliphatic heterocycles. The third-order valence-corrected chi connectivity index (χ3v) is 11.3. The number of fused-ring (bicyclic) bond motifs is 5. The van der Waals surface area contributed by atoms with Crippen LogP contribution in [0, 0.1) is 46.3 Å². The molecule has 0 aromatic rings. The van der Waals surface area contributed by atoms with Crippen LogP contribution in [0.5, 0.6) is 0 Å². The molecule has 0 amide bonds. The Hall–Kier alpha value is -0.640. The van der Waals surface area contributed by atoms with Gasteiger partial charge in [0.25, 0.3) is 0 Å². The summed E-state index contributed by atoms with van der Waals surface area (Å²) in [7, 11) is 0. The molecule has 0 saturated heterocycles. The van der Waals surface area contributed by atoms with Gasteiger partial charge >= 0.3 is 0 Å². The molecule has 32 heavy (non-hydrogen) atoms. The maximum Gasteiger partial charge on any atom is 0.0736 e. The van der Waals surface area contributed by atoms with Crippen molar-refractivity contribution >= 4 is 0 Å². The zero-order valence-electron chi connectivity index (χ0n) is 21.2. The average Bonchev–Trinajstić information content (AvgIpc) is 3.09. The zero-order valence-corrected chi connectivity index (χ0v) is 21.2.